The molecule has 2 aromatic carbocycles. The minimum Gasteiger partial charge on any atom is -0.488 e. The lowest BCUT2D eigenvalue weighted by molar-refractivity contribution is 0.113. The number of likely N-dealkylation sites (tertiary alicyclic amines) is 1. The van der Waals surface area contributed by atoms with Gasteiger partial charge in [0.25, 0.3) is 5.88 Å². The largest absolute Gasteiger partial charge is 0.488 e. The van der Waals surface area contributed by atoms with Crippen molar-refractivity contribution < 1.29 is 18.3 Å². The number of aromatic nitrogens is 2. The Kier molecular flexibility index (Phi) is 6.97. The third-order valence-corrected chi connectivity index (χ3v) is 10.5. The Bertz CT molecular complexity index is 1900. The van der Waals surface area contributed by atoms with Gasteiger partial charge in [0.15, 0.2) is 11.6 Å². The number of thiophene rings is 1. The van der Waals surface area contributed by atoms with Gasteiger partial charge in [0, 0.05) is 23.5 Å². The first kappa shape index (κ1) is 28.3. The van der Waals surface area contributed by atoms with Crippen LogP contribution in [0.4, 0.5) is 13.8 Å². The van der Waals surface area contributed by atoms with Crippen LogP contribution in [0.25, 0.3) is 32.2 Å². The number of nitrogens with two attached hydrogens (primary N) is 1. The van der Waals surface area contributed by atoms with E-state index in [1.165, 1.54) is 12.1 Å². The van der Waals surface area contributed by atoms with Crippen molar-refractivity contribution in [3.63, 3.8) is 0 Å². The van der Waals surface area contributed by atoms with Gasteiger partial charge in [0.05, 0.1) is 21.3 Å². The van der Waals surface area contributed by atoms with Crippen LogP contribution in [-0.2, 0) is 0 Å². The van der Waals surface area contributed by atoms with E-state index in [4.69, 9.17) is 26.8 Å². The molecule has 0 amide bonds. The number of halogens is 3. The van der Waals surface area contributed by atoms with Crippen molar-refractivity contribution in [2.75, 3.05) is 39.0 Å². The maximum Gasteiger partial charge on any atom is 0.314 e. The number of ether oxygens (including phenoxy) is 2. The summed E-state index contributed by atoms with van der Waals surface area (Å²) < 4.78 is 45.9. The van der Waals surface area contributed by atoms with Crippen molar-refractivity contribution in [1.82, 2.24) is 19.8 Å². The lowest BCUT2D eigenvalue weighted by Gasteiger charge is -2.33. The summed E-state index contributed by atoms with van der Waals surface area (Å²) in [5.41, 5.74) is 5.69. The molecule has 3 aliphatic heterocycles. The molecule has 13 heteroatoms. The van der Waals surface area contributed by atoms with Gasteiger partial charge in [-0.25, -0.2) is 13.8 Å². The van der Waals surface area contributed by atoms with Gasteiger partial charge >= 0.3 is 5.56 Å². The van der Waals surface area contributed by atoms with Crippen LogP contribution in [-0.4, -0.2) is 59.9 Å². The molecular weight excluding hydrogens is 598 g/mol. The van der Waals surface area contributed by atoms with E-state index in [0.717, 1.165) is 43.7 Å². The number of benzene rings is 2. The molecule has 7 rings (SSSR count). The SMILES string of the molecule is C[C@H](Oc1nc2c(F)c(-c3ccc(F)c4sc(N)c(C#N)c34)c(Cl)c3c2n(c1=O)C(C1CCNC1)CO3)[C@@H]1CCCN1C. The minimum atomic E-state index is -0.830. The van der Waals surface area contributed by atoms with Gasteiger partial charge in [-0.15, -0.1) is 11.3 Å². The molecule has 2 aromatic heterocycles. The molecule has 0 bridgehead atoms. The van der Waals surface area contributed by atoms with Crippen molar-refractivity contribution in [1.29, 1.82) is 5.26 Å². The highest BCUT2D eigenvalue weighted by Crippen LogP contribution is 2.50. The first-order chi connectivity index (χ1) is 20.7. The molecule has 43 heavy (non-hydrogen) atoms. The number of hydrogen-bond acceptors (Lipinski definition) is 9. The summed E-state index contributed by atoms with van der Waals surface area (Å²) in [4.78, 5) is 20.8. The molecule has 3 aliphatic rings. The normalized spacial score (nSPS) is 22.7. The molecule has 3 N–H and O–H groups in total. The summed E-state index contributed by atoms with van der Waals surface area (Å²) in [5.74, 6) is -1.45. The maximum atomic E-state index is 16.9. The molecule has 224 valence electrons. The van der Waals surface area contributed by atoms with E-state index in [1.54, 1.807) is 4.57 Å². The predicted octanol–water partition coefficient (Wildman–Crippen LogP) is 5.07. The highest BCUT2D eigenvalue weighted by atomic mass is 35.5. The van der Waals surface area contributed by atoms with E-state index >= 15 is 4.39 Å². The van der Waals surface area contributed by atoms with Crippen LogP contribution in [0.2, 0.25) is 5.02 Å². The van der Waals surface area contributed by atoms with Crippen molar-refractivity contribution in [3.05, 3.63) is 44.7 Å². The third-order valence-electron chi connectivity index (χ3n) is 9.13. The van der Waals surface area contributed by atoms with Crippen LogP contribution in [0.15, 0.2) is 16.9 Å². The van der Waals surface area contributed by atoms with E-state index in [1.807, 2.05) is 20.0 Å². The lowest BCUT2D eigenvalue weighted by Crippen LogP contribution is -2.42. The van der Waals surface area contributed by atoms with E-state index in [-0.39, 0.29) is 84.1 Å². The first-order valence-corrected chi connectivity index (χ1v) is 15.5. The topological polar surface area (TPSA) is 118 Å². The van der Waals surface area contributed by atoms with Crippen molar-refractivity contribution in [3.8, 4) is 28.8 Å². The molecule has 5 heterocycles. The minimum absolute atomic E-state index is 0.0323. The number of rotatable bonds is 5. The molecule has 4 aromatic rings. The number of likely N-dealkylation sites (N-methyl/N-ethyl adjacent to an activating group) is 1. The summed E-state index contributed by atoms with van der Waals surface area (Å²) in [6.07, 6.45) is 2.37. The Hall–Kier alpha value is -3.50. The van der Waals surface area contributed by atoms with Gasteiger partial charge in [-0.2, -0.15) is 5.26 Å². The van der Waals surface area contributed by atoms with Crippen molar-refractivity contribution in [2.24, 2.45) is 5.92 Å². The number of nitrogen functional groups attached to an aromatic ring is 1. The van der Waals surface area contributed by atoms with Crippen molar-refractivity contribution in [2.45, 2.75) is 44.4 Å². The number of nitriles is 1. The number of nitrogens with zero attached hydrogens (tertiary/aromatic N) is 4. The quantitative estimate of drug-likeness (QED) is 0.315. The summed E-state index contributed by atoms with van der Waals surface area (Å²) in [6.45, 7) is 4.43. The van der Waals surface area contributed by atoms with Gasteiger partial charge in [-0.05, 0) is 63.9 Å². The molecule has 9 nitrogen and oxygen atoms in total. The lowest BCUT2D eigenvalue weighted by atomic mass is 9.95. The fraction of sp³-hybridized carbons (Fsp3) is 0.433. The van der Waals surface area contributed by atoms with Crippen LogP contribution in [0, 0.1) is 28.9 Å². The smallest absolute Gasteiger partial charge is 0.314 e. The number of fused-ring (bicyclic) bond motifs is 1. The molecule has 0 aliphatic carbocycles. The number of nitrogens with one attached hydrogen (secondary N) is 1. The van der Waals surface area contributed by atoms with Gasteiger partial charge in [-0.3, -0.25) is 14.3 Å². The van der Waals surface area contributed by atoms with Gasteiger partial charge in [0.2, 0.25) is 0 Å². The van der Waals surface area contributed by atoms with Crippen molar-refractivity contribution >= 4 is 49.1 Å². The Balaban J connectivity index is 1.51. The highest BCUT2D eigenvalue weighted by Gasteiger charge is 2.38. The standard InChI is InChI=1S/C30H29ClF2N6O3S/c1-13(18-4-3-9-38(18)2)42-29-30(40)39-19(14-7-8-36-11-14)12-41-26-22(31)21(23(33)24(37-29)25(26)39)15-5-6-17(32)27-20(15)16(10-34)28(35)43-27/h5-6,13-14,18-19,36H,3-4,7-9,11-12,35H2,1-2H3/t13-,14?,18-,19?/m0/s1. The zero-order valence-corrected chi connectivity index (χ0v) is 25.1. The molecule has 2 fully saturated rings. The third kappa shape index (κ3) is 4.28. The van der Waals surface area contributed by atoms with Crippen LogP contribution in [0.1, 0.15) is 37.8 Å². The summed E-state index contributed by atoms with van der Waals surface area (Å²) in [6, 6.07) is 4.26. The second kappa shape index (κ2) is 10.6. The maximum absolute atomic E-state index is 16.9. The van der Waals surface area contributed by atoms with Crippen LogP contribution in [0.3, 0.4) is 0 Å². The zero-order valence-electron chi connectivity index (χ0n) is 23.5. The van der Waals surface area contributed by atoms with Crippen LogP contribution in [0.5, 0.6) is 11.6 Å². The molecule has 2 unspecified atom stereocenters. The average molecular weight is 627 g/mol. The molecule has 2 saturated heterocycles. The second-order valence-corrected chi connectivity index (χ2v) is 12.9. The Morgan fingerprint density at radius 3 is 2.86 bits per heavy atom. The van der Waals surface area contributed by atoms with Crippen LogP contribution < -0.4 is 26.1 Å². The fourth-order valence-corrected chi connectivity index (χ4v) is 8.25. The zero-order chi connectivity index (χ0) is 30.2. The van der Waals surface area contributed by atoms with Gasteiger partial charge < -0.3 is 20.5 Å². The number of anilines is 1. The molecule has 4 atom stereocenters. The first-order valence-electron chi connectivity index (χ1n) is 14.3. The van der Waals surface area contributed by atoms with E-state index in [2.05, 4.69) is 15.2 Å². The Morgan fingerprint density at radius 2 is 2.16 bits per heavy atom. The molecular formula is C30H29ClF2N6O3S. The fourth-order valence-electron chi connectivity index (χ4n) is 6.97. The van der Waals surface area contributed by atoms with Gasteiger partial charge in [-0.1, -0.05) is 17.7 Å². The van der Waals surface area contributed by atoms with Gasteiger partial charge in [0.1, 0.15) is 40.6 Å². The molecule has 0 saturated carbocycles. The second-order valence-electron chi connectivity index (χ2n) is 11.5. The molecule has 0 radical (unpaired) electrons. The highest BCUT2D eigenvalue weighted by molar-refractivity contribution is 7.23. The Labute approximate surface area is 254 Å². The van der Waals surface area contributed by atoms with E-state index in [0.29, 0.717) is 6.54 Å². The van der Waals surface area contributed by atoms with E-state index < -0.39 is 23.2 Å². The average Bonchev–Trinajstić information content (AvgIpc) is 3.75. The monoisotopic (exact) mass is 626 g/mol. The summed E-state index contributed by atoms with van der Waals surface area (Å²) in [5, 5.41) is 13.3. The van der Waals surface area contributed by atoms with Crippen LogP contribution >= 0.6 is 22.9 Å². The summed E-state index contributed by atoms with van der Waals surface area (Å²) >= 11 is 7.81. The predicted molar refractivity (Wildman–Crippen MR) is 162 cm³/mol. The molecule has 0 spiro atoms. The summed E-state index contributed by atoms with van der Waals surface area (Å²) in [7, 11) is 2.01. The van der Waals surface area contributed by atoms with E-state index in [9.17, 15) is 14.4 Å². The number of hydrogen-bond donors (Lipinski definition) is 2. The Morgan fingerprint density at radius 1 is 1.35 bits per heavy atom.